The van der Waals surface area contributed by atoms with Crippen molar-refractivity contribution in [2.24, 2.45) is 17.2 Å². The fourth-order valence-corrected chi connectivity index (χ4v) is 3.72. The van der Waals surface area contributed by atoms with Crippen molar-refractivity contribution >= 4 is 46.4 Å². The molecule has 1 aromatic carbocycles. The zero-order valence-corrected chi connectivity index (χ0v) is 21.2. The Hall–Kier alpha value is -4.50. The van der Waals surface area contributed by atoms with Gasteiger partial charge in [-0.2, -0.15) is 0 Å². The van der Waals surface area contributed by atoms with Crippen LogP contribution in [0, 0.1) is 0 Å². The van der Waals surface area contributed by atoms with Gasteiger partial charge < -0.3 is 48.3 Å². The van der Waals surface area contributed by atoms with Gasteiger partial charge in [-0.05, 0) is 25.0 Å². The Bertz CT molecular complexity index is 1230. The minimum atomic E-state index is -1.55. The number of rotatable bonds is 15. The van der Waals surface area contributed by atoms with Crippen LogP contribution in [0.5, 0.6) is 0 Å². The average molecular weight is 548 g/mol. The molecule has 1 aromatic heterocycles. The minimum absolute atomic E-state index is 0.117. The molecule has 12 N–H and O–H groups in total. The van der Waals surface area contributed by atoms with Crippen molar-refractivity contribution in [2.75, 3.05) is 0 Å². The number of benzene rings is 1. The maximum absolute atomic E-state index is 13.2. The number of aliphatic hydroxyl groups excluding tert-OH is 1. The Morgan fingerprint density at radius 2 is 1.49 bits per heavy atom. The van der Waals surface area contributed by atoms with E-state index in [-0.39, 0.29) is 19.3 Å². The van der Waals surface area contributed by atoms with Crippen molar-refractivity contribution in [3.8, 4) is 0 Å². The van der Waals surface area contributed by atoms with Gasteiger partial charge in [-0.3, -0.25) is 24.0 Å². The number of nitrogens with one attached hydrogen (secondary N) is 4. The van der Waals surface area contributed by atoms with Crippen molar-refractivity contribution < 1.29 is 39.0 Å². The highest BCUT2D eigenvalue weighted by molar-refractivity contribution is 5.96. The summed E-state index contributed by atoms with van der Waals surface area (Å²) < 4.78 is 0. The molecule has 0 radical (unpaired) electrons. The number of fused-ring (bicyclic) bond motifs is 1. The van der Waals surface area contributed by atoms with Crippen LogP contribution in [0.15, 0.2) is 30.5 Å². The number of aliphatic hydroxyl groups is 1. The number of carbonyl (C=O) groups is 6. The molecule has 5 amide bonds. The van der Waals surface area contributed by atoms with Crippen LogP contribution in [-0.2, 0) is 35.2 Å². The van der Waals surface area contributed by atoms with Crippen LogP contribution >= 0.6 is 0 Å². The van der Waals surface area contributed by atoms with Gasteiger partial charge in [0.05, 0.1) is 12.5 Å². The van der Waals surface area contributed by atoms with E-state index in [4.69, 9.17) is 17.2 Å². The summed E-state index contributed by atoms with van der Waals surface area (Å²) in [6.07, 6.45) is -1.02. The Balaban J connectivity index is 2.34. The van der Waals surface area contributed by atoms with Gasteiger partial charge in [0.2, 0.25) is 29.5 Å². The summed E-state index contributed by atoms with van der Waals surface area (Å²) in [5, 5.41) is 26.7. The molecule has 0 saturated heterocycles. The number of primary amides is 2. The maximum Gasteiger partial charge on any atom is 0.326 e. The number of para-hydroxylation sites is 1. The number of aliphatic carboxylic acids is 1. The molecule has 0 saturated carbocycles. The van der Waals surface area contributed by atoms with E-state index in [0.717, 1.165) is 10.9 Å². The van der Waals surface area contributed by atoms with Gasteiger partial charge in [0.25, 0.3) is 0 Å². The second kappa shape index (κ2) is 13.9. The first-order valence-electron chi connectivity index (χ1n) is 12.0. The lowest BCUT2D eigenvalue weighted by Crippen LogP contribution is -2.59. The molecule has 0 aliphatic carbocycles. The zero-order valence-electron chi connectivity index (χ0n) is 21.2. The summed E-state index contributed by atoms with van der Waals surface area (Å²) >= 11 is 0. The van der Waals surface area contributed by atoms with E-state index in [1.54, 1.807) is 30.5 Å². The molecule has 0 fully saturated rings. The number of nitrogens with two attached hydrogens (primary N) is 3. The number of hydrogen-bond donors (Lipinski definition) is 9. The molecular weight excluding hydrogens is 514 g/mol. The standard InChI is InChI=1S/C24H33N7O8/c1-11(32)20(27)23(37)31-17(9-19(26)34)22(36)30-16(8-12-10-28-14-5-3-2-4-13(12)14)21(35)29-15(24(38)39)6-7-18(25)33/h2-5,10-11,15-17,20,28,32H,6-9,27H2,1H3,(H2,25,33)(H2,26,34)(H,29,35)(H,30,36)(H,31,37)(H,38,39). The van der Waals surface area contributed by atoms with E-state index in [1.807, 2.05) is 0 Å². The third-order valence-electron chi connectivity index (χ3n) is 5.89. The van der Waals surface area contributed by atoms with Gasteiger partial charge in [-0.15, -0.1) is 0 Å². The molecule has 39 heavy (non-hydrogen) atoms. The molecule has 2 rings (SSSR count). The maximum atomic E-state index is 13.2. The van der Waals surface area contributed by atoms with Gasteiger partial charge in [0.1, 0.15) is 24.2 Å². The number of aromatic nitrogens is 1. The number of carbonyl (C=O) groups excluding carboxylic acids is 5. The third kappa shape index (κ3) is 9.08. The SMILES string of the molecule is CC(O)C(N)C(=O)NC(CC(N)=O)C(=O)NC(Cc1c[nH]c2ccccc12)C(=O)NC(CCC(N)=O)C(=O)O. The molecule has 5 atom stereocenters. The van der Waals surface area contributed by atoms with E-state index in [9.17, 15) is 39.0 Å². The van der Waals surface area contributed by atoms with E-state index in [2.05, 4.69) is 20.9 Å². The number of hydrogen-bond acceptors (Lipinski definition) is 8. The molecule has 5 unspecified atom stereocenters. The van der Waals surface area contributed by atoms with Gasteiger partial charge in [0.15, 0.2) is 0 Å². The Labute approximate surface area is 222 Å². The van der Waals surface area contributed by atoms with E-state index >= 15 is 0 Å². The Kier molecular flexibility index (Phi) is 10.9. The topological polar surface area (TPSA) is 273 Å². The second-order valence-corrected chi connectivity index (χ2v) is 9.03. The second-order valence-electron chi connectivity index (χ2n) is 9.03. The first-order valence-corrected chi connectivity index (χ1v) is 12.0. The molecule has 1 heterocycles. The Morgan fingerprint density at radius 1 is 0.897 bits per heavy atom. The summed E-state index contributed by atoms with van der Waals surface area (Å²) in [5.41, 5.74) is 17.3. The largest absolute Gasteiger partial charge is 0.480 e. The van der Waals surface area contributed by atoms with Crippen LogP contribution in [-0.4, -0.2) is 81.0 Å². The van der Waals surface area contributed by atoms with Crippen LogP contribution < -0.4 is 33.2 Å². The quantitative estimate of drug-likeness (QED) is 0.110. The van der Waals surface area contributed by atoms with Crippen LogP contribution in [0.2, 0.25) is 0 Å². The molecule has 0 bridgehead atoms. The first kappa shape index (κ1) is 30.7. The lowest BCUT2D eigenvalue weighted by molar-refractivity contribution is -0.142. The molecule has 15 nitrogen and oxygen atoms in total. The zero-order chi connectivity index (χ0) is 29.3. The monoisotopic (exact) mass is 547 g/mol. The number of H-pyrrole nitrogens is 1. The molecule has 212 valence electrons. The normalized spacial score (nSPS) is 14.8. The summed E-state index contributed by atoms with van der Waals surface area (Å²) in [5.74, 6) is -5.97. The summed E-state index contributed by atoms with van der Waals surface area (Å²) in [6.45, 7) is 1.26. The van der Waals surface area contributed by atoms with Crippen molar-refractivity contribution in [1.82, 2.24) is 20.9 Å². The third-order valence-corrected chi connectivity index (χ3v) is 5.89. The predicted octanol–water partition coefficient (Wildman–Crippen LogP) is -2.90. The van der Waals surface area contributed by atoms with Gasteiger partial charge in [-0.25, -0.2) is 4.79 Å². The van der Waals surface area contributed by atoms with E-state index < -0.39 is 72.2 Å². The van der Waals surface area contributed by atoms with Gasteiger partial charge >= 0.3 is 5.97 Å². The van der Waals surface area contributed by atoms with Crippen molar-refractivity contribution in [2.45, 2.75) is 62.9 Å². The number of aromatic amines is 1. The average Bonchev–Trinajstić information content (AvgIpc) is 3.27. The van der Waals surface area contributed by atoms with Gasteiger partial charge in [0, 0.05) is 29.9 Å². The molecular formula is C24H33N7O8. The van der Waals surface area contributed by atoms with Crippen molar-refractivity contribution in [3.63, 3.8) is 0 Å². The summed E-state index contributed by atoms with van der Waals surface area (Å²) in [6, 6.07) is 1.28. The van der Waals surface area contributed by atoms with Gasteiger partial charge in [-0.1, -0.05) is 18.2 Å². The molecule has 0 aliphatic rings. The fourth-order valence-electron chi connectivity index (χ4n) is 3.72. The van der Waals surface area contributed by atoms with Crippen LogP contribution in [0.4, 0.5) is 0 Å². The van der Waals surface area contributed by atoms with Crippen LogP contribution in [0.25, 0.3) is 10.9 Å². The highest BCUT2D eigenvalue weighted by Crippen LogP contribution is 2.19. The Morgan fingerprint density at radius 3 is 2.08 bits per heavy atom. The molecule has 0 aliphatic heterocycles. The molecule has 0 spiro atoms. The molecule has 2 aromatic rings. The number of carboxylic acid groups (broad SMARTS) is 1. The fraction of sp³-hybridized carbons (Fsp3) is 0.417. The van der Waals surface area contributed by atoms with E-state index in [1.165, 1.54) is 6.92 Å². The smallest absolute Gasteiger partial charge is 0.326 e. The van der Waals surface area contributed by atoms with E-state index in [0.29, 0.717) is 5.56 Å². The van der Waals surface area contributed by atoms with Crippen molar-refractivity contribution in [1.29, 1.82) is 0 Å². The number of carboxylic acids is 1. The van der Waals surface area contributed by atoms with Crippen LogP contribution in [0.1, 0.15) is 31.7 Å². The highest BCUT2D eigenvalue weighted by Gasteiger charge is 2.32. The summed E-state index contributed by atoms with van der Waals surface area (Å²) in [7, 11) is 0. The number of amides is 5. The predicted molar refractivity (Wildman–Crippen MR) is 137 cm³/mol. The molecule has 15 heteroatoms. The van der Waals surface area contributed by atoms with Crippen molar-refractivity contribution in [3.05, 3.63) is 36.0 Å². The highest BCUT2D eigenvalue weighted by atomic mass is 16.4. The van der Waals surface area contributed by atoms with Crippen LogP contribution in [0.3, 0.4) is 0 Å². The minimum Gasteiger partial charge on any atom is -0.480 e. The lowest BCUT2D eigenvalue weighted by Gasteiger charge is -2.25. The summed E-state index contributed by atoms with van der Waals surface area (Å²) in [4.78, 5) is 76.1. The lowest BCUT2D eigenvalue weighted by atomic mass is 10.0. The first-order chi connectivity index (χ1) is 18.3.